The number of H-pyrrole nitrogens is 1. The van der Waals surface area contributed by atoms with Gasteiger partial charge in [0.05, 0.1) is 22.6 Å². The van der Waals surface area contributed by atoms with Gasteiger partial charge in [-0.2, -0.15) is 0 Å². The number of benzene rings is 1. The molecule has 2 aromatic rings. The van der Waals surface area contributed by atoms with Crippen LogP contribution in [0.25, 0.3) is 11.0 Å². The summed E-state index contributed by atoms with van der Waals surface area (Å²) in [5, 5.41) is 9.56. The summed E-state index contributed by atoms with van der Waals surface area (Å²) in [5.74, 6) is -0.770. The Balaban J connectivity index is 2.17. The summed E-state index contributed by atoms with van der Waals surface area (Å²) in [5.41, 5.74) is 1.00. The van der Waals surface area contributed by atoms with Crippen molar-refractivity contribution in [1.82, 2.24) is 9.97 Å². The van der Waals surface area contributed by atoms with Gasteiger partial charge in [-0.05, 0) is 30.5 Å². The predicted octanol–water partition coefficient (Wildman–Crippen LogP) is 1.82. The minimum atomic E-state index is -0.786. The quantitative estimate of drug-likeness (QED) is 0.860. The maximum Gasteiger partial charge on any atom is 0.314 e. The zero-order chi connectivity index (χ0) is 13.5. The van der Waals surface area contributed by atoms with Gasteiger partial charge in [-0.25, -0.2) is 4.98 Å². The fraction of sp³-hybridized carbons (Fsp3) is 0.357. The van der Waals surface area contributed by atoms with E-state index < -0.39 is 11.4 Å². The van der Waals surface area contributed by atoms with E-state index in [4.69, 9.17) is 0 Å². The van der Waals surface area contributed by atoms with Gasteiger partial charge in [-0.1, -0.05) is 18.9 Å². The summed E-state index contributed by atoms with van der Waals surface area (Å²) >= 11 is 0. The molecule has 0 spiro atoms. The average Bonchev–Trinajstić information content (AvgIpc) is 2.88. The Morgan fingerprint density at radius 2 is 2.05 bits per heavy atom. The van der Waals surface area contributed by atoms with Gasteiger partial charge in [0.25, 0.3) is 5.56 Å². The first-order valence-electron chi connectivity index (χ1n) is 6.35. The second-order valence-corrected chi connectivity index (χ2v) is 5.07. The molecule has 0 radical (unpaired) electrons. The van der Waals surface area contributed by atoms with Crippen LogP contribution in [0.4, 0.5) is 0 Å². The fourth-order valence-electron chi connectivity index (χ4n) is 2.94. The Labute approximate surface area is 109 Å². The number of aliphatic carboxylic acids is 1. The number of carboxylic acids is 1. The van der Waals surface area contributed by atoms with E-state index in [2.05, 4.69) is 9.97 Å². The van der Waals surface area contributed by atoms with E-state index >= 15 is 0 Å². The molecule has 19 heavy (non-hydrogen) atoms. The number of carboxylic acid groups (broad SMARTS) is 1. The van der Waals surface area contributed by atoms with Crippen molar-refractivity contribution in [3.05, 3.63) is 40.3 Å². The zero-order valence-corrected chi connectivity index (χ0v) is 10.3. The largest absolute Gasteiger partial charge is 0.481 e. The van der Waals surface area contributed by atoms with Gasteiger partial charge < -0.3 is 10.1 Å². The van der Waals surface area contributed by atoms with E-state index in [1.54, 1.807) is 18.2 Å². The van der Waals surface area contributed by atoms with Crippen LogP contribution in [0.2, 0.25) is 0 Å². The molecule has 3 rings (SSSR count). The molecule has 0 bridgehead atoms. The minimum Gasteiger partial charge on any atom is -0.481 e. The van der Waals surface area contributed by atoms with E-state index in [0.717, 1.165) is 18.4 Å². The van der Waals surface area contributed by atoms with Crippen molar-refractivity contribution >= 4 is 17.0 Å². The number of hydrogen-bond donors (Lipinski definition) is 2. The molecule has 1 aliphatic carbocycles. The molecule has 0 atom stereocenters. The first-order valence-corrected chi connectivity index (χ1v) is 6.35. The molecule has 1 aliphatic rings. The van der Waals surface area contributed by atoms with Gasteiger partial charge in [-0.15, -0.1) is 0 Å². The van der Waals surface area contributed by atoms with Crippen molar-refractivity contribution in [2.75, 3.05) is 0 Å². The van der Waals surface area contributed by atoms with Gasteiger partial charge >= 0.3 is 5.97 Å². The van der Waals surface area contributed by atoms with Crippen LogP contribution in [0, 0.1) is 0 Å². The molecule has 0 amide bonds. The lowest BCUT2D eigenvalue weighted by atomic mass is 9.79. The second-order valence-electron chi connectivity index (χ2n) is 5.07. The van der Waals surface area contributed by atoms with Crippen LogP contribution >= 0.6 is 0 Å². The van der Waals surface area contributed by atoms with Gasteiger partial charge in [0.15, 0.2) is 0 Å². The summed E-state index contributed by atoms with van der Waals surface area (Å²) in [6.45, 7) is 0. The molecule has 1 saturated carbocycles. The molecule has 1 aromatic carbocycles. The molecule has 0 aliphatic heterocycles. The van der Waals surface area contributed by atoms with Crippen molar-refractivity contribution < 1.29 is 9.90 Å². The van der Waals surface area contributed by atoms with Crippen molar-refractivity contribution in [3.8, 4) is 0 Å². The highest BCUT2D eigenvalue weighted by molar-refractivity contribution is 5.84. The van der Waals surface area contributed by atoms with E-state index in [9.17, 15) is 14.7 Å². The minimum absolute atomic E-state index is 0.255. The summed E-state index contributed by atoms with van der Waals surface area (Å²) in [6, 6.07) is 5.31. The highest BCUT2D eigenvalue weighted by atomic mass is 16.4. The van der Waals surface area contributed by atoms with Crippen LogP contribution in [-0.2, 0) is 10.2 Å². The van der Waals surface area contributed by atoms with Crippen LogP contribution in [0.5, 0.6) is 0 Å². The van der Waals surface area contributed by atoms with E-state index in [0.29, 0.717) is 23.9 Å². The van der Waals surface area contributed by atoms with Crippen molar-refractivity contribution in [2.24, 2.45) is 0 Å². The smallest absolute Gasteiger partial charge is 0.314 e. The topological polar surface area (TPSA) is 83.0 Å². The van der Waals surface area contributed by atoms with Gasteiger partial charge in [0.2, 0.25) is 0 Å². The molecule has 0 saturated heterocycles. The van der Waals surface area contributed by atoms with Gasteiger partial charge in [-0.3, -0.25) is 9.59 Å². The van der Waals surface area contributed by atoms with Crippen LogP contribution < -0.4 is 5.56 Å². The first-order chi connectivity index (χ1) is 9.12. The highest BCUT2D eigenvalue weighted by Gasteiger charge is 2.42. The molecule has 98 valence electrons. The van der Waals surface area contributed by atoms with Gasteiger partial charge in [0.1, 0.15) is 0 Å². The van der Waals surface area contributed by atoms with Crippen LogP contribution in [-0.4, -0.2) is 21.0 Å². The summed E-state index contributed by atoms with van der Waals surface area (Å²) in [6.07, 6.45) is 4.41. The van der Waals surface area contributed by atoms with Crippen LogP contribution in [0.3, 0.4) is 0 Å². The fourth-order valence-corrected chi connectivity index (χ4v) is 2.94. The second kappa shape index (κ2) is 4.19. The third-order valence-electron chi connectivity index (χ3n) is 4.00. The Morgan fingerprint density at radius 3 is 2.74 bits per heavy atom. The molecule has 5 nitrogen and oxygen atoms in total. The molecule has 1 heterocycles. The average molecular weight is 258 g/mol. The molecule has 5 heteroatoms. The molecular weight excluding hydrogens is 244 g/mol. The Bertz CT molecular complexity index is 699. The lowest BCUT2D eigenvalue weighted by Gasteiger charge is -2.24. The molecule has 1 aromatic heterocycles. The molecule has 1 fully saturated rings. The Morgan fingerprint density at radius 1 is 1.32 bits per heavy atom. The summed E-state index contributed by atoms with van der Waals surface area (Å²) in [4.78, 5) is 29.6. The normalized spacial score (nSPS) is 17.7. The third kappa shape index (κ3) is 1.82. The predicted molar refractivity (Wildman–Crippen MR) is 70.1 cm³/mol. The standard InChI is InChI=1S/C14H14N2O3/c17-12-8-15-11-7-9(3-4-10(11)16-12)14(13(18)19)5-1-2-6-14/h3-4,7-8H,1-2,5-6H2,(H,16,17)(H,18,19). The number of rotatable bonds is 2. The number of nitrogens with zero attached hydrogens (tertiary/aromatic N) is 1. The maximum absolute atomic E-state index is 11.6. The van der Waals surface area contributed by atoms with Crippen molar-refractivity contribution in [1.29, 1.82) is 0 Å². The lowest BCUT2D eigenvalue weighted by molar-refractivity contribution is -0.143. The van der Waals surface area contributed by atoms with Crippen molar-refractivity contribution in [2.45, 2.75) is 31.1 Å². The van der Waals surface area contributed by atoms with E-state index in [1.165, 1.54) is 6.20 Å². The summed E-state index contributed by atoms with van der Waals surface area (Å²) < 4.78 is 0. The number of aromatic amines is 1. The number of carbonyl (C=O) groups is 1. The number of aromatic nitrogens is 2. The monoisotopic (exact) mass is 258 g/mol. The van der Waals surface area contributed by atoms with E-state index in [1.807, 2.05) is 0 Å². The number of hydrogen-bond acceptors (Lipinski definition) is 3. The van der Waals surface area contributed by atoms with Crippen LogP contribution in [0.15, 0.2) is 29.2 Å². The summed E-state index contributed by atoms with van der Waals surface area (Å²) in [7, 11) is 0. The lowest BCUT2D eigenvalue weighted by Crippen LogP contribution is -2.32. The first kappa shape index (κ1) is 11.9. The number of nitrogens with one attached hydrogen (secondary N) is 1. The molecule has 2 N–H and O–H groups in total. The Hall–Kier alpha value is -2.17. The SMILES string of the molecule is O=C(O)C1(c2ccc3[nH]c(=O)cnc3c2)CCCC1. The van der Waals surface area contributed by atoms with Crippen molar-refractivity contribution in [3.63, 3.8) is 0 Å². The molecular formula is C14H14N2O3. The molecule has 0 unspecified atom stereocenters. The third-order valence-corrected chi connectivity index (χ3v) is 4.00. The van der Waals surface area contributed by atoms with E-state index in [-0.39, 0.29) is 5.56 Å². The van der Waals surface area contributed by atoms with Crippen LogP contribution in [0.1, 0.15) is 31.2 Å². The maximum atomic E-state index is 11.6. The number of fused-ring (bicyclic) bond motifs is 1. The van der Waals surface area contributed by atoms with Gasteiger partial charge in [0, 0.05) is 0 Å². The zero-order valence-electron chi connectivity index (χ0n) is 10.3. The highest BCUT2D eigenvalue weighted by Crippen LogP contribution is 2.41. The Kier molecular flexibility index (Phi) is 2.62.